The van der Waals surface area contributed by atoms with E-state index < -0.39 is 5.97 Å². The Bertz CT molecular complexity index is 752. The maximum absolute atomic E-state index is 12.3. The molecule has 0 aliphatic heterocycles. The number of benzene rings is 1. The molecule has 1 aromatic heterocycles. The van der Waals surface area contributed by atoms with Gasteiger partial charge in [0.05, 0.1) is 12.1 Å². The zero-order valence-electron chi connectivity index (χ0n) is 14.8. The first-order chi connectivity index (χ1) is 12.1. The van der Waals surface area contributed by atoms with Crippen molar-refractivity contribution in [3.05, 3.63) is 64.1 Å². The summed E-state index contributed by atoms with van der Waals surface area (Å²) in [6.07, 6.45) is 3.93. The van der Waals surface area contributed by atoms with Crippen molar-refractivity contribution in [2.75, 3.05) is 0 Å². The molecule has 2 aromatic rings. The Morgan fingerprint density at radius 2 is 1.92 bits per heavy atom. The lowest BCUT2D eigenvalue weighted by molar-refractivity contribution is -0.138. The summed E-state index contributed by atoms with van der Waals surface area (Å²) in [5.74, 6) is -0.522. The van der Waals surface area contributed by atoms with Crippen LogP contribution in [0.2, 0.25) is 0 Å². The minimum absolute atomic E-state index is 0.0296. The van der Waals surface area contributed by atoms with E-state index >= 15 is 0 Å². The van der Waals surface area contributed by atoms with E-state index in [1.807, 2.05) is 48.7 Å². The number of carbonyl (C=O) groups is 1. The molecule has 0 fully saturated rings. The number of rotatable bonds is 9. The highest BCUT2D eigenvalue weighted by Crippen LogP contribution is 2.25. The quantitative estimate of drug-likeness (QED) is 0.752. The number of hydrogen-bond acceptors (Lipinski definition) is 3. The number of aromatic nitrogens is 1. The molecule has 0 radical (unpaired) electrons. The Morgan fingerprint density at radius 3 is 2.52 bits per heavy atom. The number of pyridine rings is 1. The smallest absolute Gasteiger partial charge is 0.305 e. The molecule has 2 rings (SSSR count). The van der Waals surface area contributed by atoms with Crippen LogP contribution in [0.15, 0.2) is 47.4 Å². The second-order valence-corrected chi connectivity index (χ2v) is 6.03. The fraction of sp³-hybridized carbons (Fsp3) is 0.400. The van der Waals surface area contributed by atoms with Gasteiger partial charge in [-0.15, -0.1) is 0 Å². The van der Waals surface area contributed by atoms with Gasteiger partial charge in [0.1, 0.15) is 6.61 Å². The molecule has 0 amide bonds. The Morgan fingerprint density at radius 1 is 1.20 bits per heavy atom. The van der Waals surface area contributed by atoms with E-state index in [1.165, 1.54) is 6.07 Å². The molecule has 5 nitrogen and oxygen atoms in total. The molecule has 1 N–H and O–H groups in total. The van der Waals surface area contributed by atoms with Crippen LogP contribution in [0.25, 0.3) is 0 Å². The molecule has 0 saturated heterocycles. The minimum Gasteiger partial charge on any atom is -0.483 e. The van der Waals surface area contributed by atoms with Crippen molar-refractivity contribution < 1.29 is 14.6 Å². The number of carboxylic acid groups (broad SMARTS) is 1. The zero-order valence-corrected chi connectivity index (χ0v) is 14.8. The molecule has 1 heterocycles. The lowest BCUT2D eigenvalue weighted by Crippen LogP contribution is -2.21. The summed E-state index contributed by atoms with van der Waals surface area (Å²) in [6, 6.07) is 10.9. The first-order valence-electron chi connectivity index (χ1n) is 8.69. The third kappa shape index (κ3) is 4.95. The summed E-state index contributed by atoms with van der Waals surface area (Å²) >= 11 is 0. The predicted molar refractivity (Wildman–Crippen MR) is 97.1 cm³/mol. The Labute approximate surface area is 147 Å². The van der Waals surface area contributed by atoms with Crippen LogP contribution in [0.5, 0.6) is 5.75 Å². The van der Waals surface area contributed by atoms with Crippen molar-refractivity contribution in [3.63, 3.8) is 0 Å². The van der Waals surface area contributed by atoms with E-state index in [2.05, 4.69) is 0 Å². The summed E-state index contributed by atoms with van der Waals surface area (Å²) in [5.41, 5.74) is 1.56. The van der Waals surface area contributed by atoms with Crippen molar-refractivity contribution in [1.82, 2.24) is 4.57 Å². The monoisotopic (exact) mass is 343 g/mol. The molecule has 0 bridgehead atoms. The second kappa shape index (κ2) is 9.06. The van der Waals surface area contributed by atoms with Crippen LogP contribution in [0.3, 0.4) is 0 Å². The van der Waals surface area contributed by atoms with Crippen LogP contribution in [0.1, 0.15) is 50.4 Å². The largest absolute Gasteiger partial charge is 0.483 e. The molecule has 25 heavy (non-hydrogen) atoms. The van der Waals surface area contributed by atoms with Gasteiger partial charge in [0.25, 0.3) is 0 Å². The van der Waals surface area contributed by atoms with Gasteiger partial charge in [0.15, 0.2) is 5.75 Å². The van der Waals surface area contributed by atoms with Crippen molar-refractivity contribution in [2.45, 2.75) is 52.2 Å². The maximum Gasteiger partial charge on any atom is 0.305 e. The van der Waals surface area contributed by atoms with Crippen molar-refractivity contribution >= 4 is 5.97 Å². The van der Waals surface area contributed by atoms with E-state index in [0.717, 1.165) is 24.1 Å². The van der Waals surface area contributed by atoms with E-state index in [1.54, 1.807) is 6.20 Å². The van der Waals surface area contributed by atoms with Gasteiger partial charge in [-0.3, -0.25) is 9.59 Å². The number of ether oxygens (including phenoxy) is 1. The van der Waals surface area contributed by atoms with Crippen LogP contribution >= 0.6 is 0 Å². The van der Waals surface area contributed by atoms with Gasteiger partial charge in [-0.1, -0.05) is 50.6 Å². The van der Waals surface area contributed by atoms with Crippen LogP contribution < -0.4 is 10.2 Å². The summed E-state index contributed by atoms with van der Waals surface area (Å²) in [6.45, 7) is 4.28. The molecule has 1 atom stereocenters. The molecule has 134 valence electrons. The van der Waals surface area contributed by atoms with Gasteiger partial charge < -0.3 is 14.4 Å². The third-order valence-corrected chi connectivity index (χ3v) is 4.17. The molecular formula is C20H25NO4. The molecule has 1 aromatic carbocycles. The average molecular weight is 343 g/mol. The van der Waals surface area contributed by atoms with Gasteiger partial charge in [-0.05, 0) is 18.4 Å². The van der Waals surface area contributed by atoms with Crippen LogP contribution in [0, 0.1) is 0 Å². The van der Waals surface area contributed by atoms with E-state index in [0.29, 0.717) is 18.8 Å². The van der Waals surface area contributed by atoms with Gasteiger partial charge in [-0.2, -0.15) is 0 Å². The van der Waals surface area contributed by atoms with Gasteiger partial charge in [0.2, 0.25) is 5.43 Å². The lowest BCUT2D eigenvalue weighted by Gasteiger charge is -2.24. The highest BCUT2D eigenvalue weighted by atomic mass is 16.5. The van der Waals surface area contributed by atoms with Gasteiger partial charge in [-0.25, -0.2) is 0 Å². The zero-order chi connectivity index (χ0) is 18.2. The molecule has 5 heteroatoms. The first kappa shape index (κ1) is 18.8. The molecule has 0 aliphatic carbocycles. The number of hydrogen-bond donors (Lipinski definition) is 1. The van der Waals surface area contributed by atoms with E-state index in [4.69, 9.17) is 4.74 Å². The lowest BCUT2D eigenvalue weighted by atomic mass is 10.1. The second-order valence-electron chi connectivity index (χ2n) is 6.03. The summed E-state index contributed by atoms with van der Waals surface area (Å²) in [5, 5.41) is 9.21. The average Bonchev–Trinajstić information content (AvgIpc) is 2.60. The summed E-state index contributed by atoms with van der Waals surface area (Å²) in [4.78, 5) is 23.5. The highest BCUT2D eigenvalue weighted by Gasteiger charge is 2.19. The van der Waals surface area contributed by atoms with Gasteiger partial charge >= 0.3 is 5.97 Å². The van der Waals surface area contributed by atoms with E-state index in [-0.39, 0.29) is 17.9 Å². The summed E-state index contributed by atoms with van der Waals surface area (Å²) < 4.78 is 7.74. The first-order valence-corrected chi connectivity index (χ1v) is 8.69. The molecular weight excluding hydrogens is 318 g/mol. The van der Waals surface area contributed by atoms with Crippen LogP contribution in [-0.2, 0) is 17.8 Å². The van der Waals surface area contributed by atoms with E-state index in [9.17, 15) is 14.7 Å². The minimum atomic E-state index is -0.842. The van der Waals surface area contributed by atoms with Crippen LogP contribution in [0.4, 0.5) is 0 Å². The normalized spacial score (nSPS) is 11.9. The summed E-state index contributed by atoms with van der Waals surface area (Å²) in [7, 11) is 0. The predicted octanol–water partition coefficient (Wildman–Crippen LogP) is 3.81. The molecule has 0 aliphatic rings. The SMILES string of the molecule is CCCC(CC(=O)O)n1ccc(=O)c(OCc2ccccc2)c1CC. The van der Waals surface area contributed by atoms with Crippen LogP contribution in [-0.4, -0.2) is 15.6 Å². The standard InChI is InChI=1S/C20H25NO4/c1-3-8-16(13-19(23)24)21-12-11-18(22)20(17(21)4-2)25-14-15-9-6-5-7-10-15/h5-7,9-12,16H,3-4,8,13-14H2,1-2H3,(H,23,24). The Balaban J connectivity index is 2.35. The fourth-order valence-corrected chi connectivity index (χ4v) is 3.02. The third-order valence-electron chi connectivity index (χ3n) is 4.17. The molecule has 0 saturated carbocycles. The number of nitrogens with zero attached hydrogens (tertiary/aromatic N) is 1. The van der Waals surface area contributed by atoms with Crippen molar-refractivity contribution in [1.29, 1.82) is 0 Å². The van der Waals surface area contributed by atoms with Crippen molar-refractivity contribution in [2.24, 2.45) is 0 Å². The topological polar surface area (TPSA) is 68.5 Å². The Kier molecular flexibility index (Phi) is 6.81. The fourth-order valence-electron chi connectivity index (χ4n) is 3.02. The number of aliphatic carboxylic acids is 1. The highest BCUT2D eigenvalue weighted by molar-refractivity contribution is 5.67. The molecule has 0 spiro atoms. The molecule has 1 unspecified atom stereocenters. The van der Waals surface area contributed by atoms with Crippen molar-refractivity contribution in [3.8, 4) is 5.75 Å². The number of carboxylic acids is 1. The van der Waals surface area contributed by atoms with Gasteiger partial charge in [0, 0.05) is 18.3 Å². The maximum atomic E-state index is 12.3. The Hall–Kier alpha value is -2.56.